The molecule has 0 fully saturated rings. The molecule has 0 saturated heterocycles. The highest BCUT2D eigenvalue weighted by molar-refractivity contribution is 6.00. The molecule has 2 heterocycles. The fraction of sp³-hybridized carbons (Fsp3) is 0.467. The van der Waals surface area contributed by atoms with Gasteiger partial charge in [-0.05, 0) is 12.5 Å². The Morgan fingerprint density at radius 2 is 2.00 bits per heavy atom. The maximum absolute atomic E-state index is 10.9. The van der Waals surface area contributed by atoms with Crippen LogP contribution in [0.4, 0.5) is 0 Å². The van der Waals surface area contributed by atoms with Crippen molar-refractivity contribution in [3.05, 3.63) is 35.9 Å². The van der Waals surface area contributed by atoms with Crippen LogP contribution < -0.4 is 0 Å². The van der Waals surface area contributed by atoms with Gasteiger partial charge >= 0.3 is 0 Å². The van der Waals surface area contributed by atoms with Crippen molar-refractivity contribution in [3.63, 3.8) is 0 Å². The summed E-state index contributed by atoms with van der Waals surface area (Å²) in [5.41, 5.74) is 1.02. The number of aliphatic hydroxyl groups is 1. The SMILES string of the molecule is CC1=NO[C@]2(O)CC(N(C)C)=N[C@@]12Cc1ccccc1. The second kappa shape index (κ2) is 4.31. The van der Waals surface area contributed by atoms with E-state index in [2.05, 4.69) is 5.16 Å². The normalized spacial score (nSPS) is 31.4. The first-order chi connectivity index (χ1) is 9.47. The Balaban J connectivity index is 2.04. The topological polar surface area (TPSA) is 57.4 Å². The second-order valence-electron chi connectivity index (χ2n) is 5.67. The molecule has 20 heavy (non-hydrogen) atoms. The molecule has 0 unspecified atom stereocenters. The average Bonchev–Trinajstić information content (AvgIpc) is 2.83. The lowest BCUT2D eigenvalue weighted by atomic mass is 9.81. The smallest absolute Gasteiger partial charge is 0.272 e. The zero-order chi connectivity index (χ0) is 14.4. The fourth-order valence-corrected chi connectivity index (χ4v) is 2.85. The lowest BCUT2D eigenvalue weighted by Gasteiger charge is -2.31. The molecule has 0 bridgehead atoms. The molecule has 3 rings (SSSR count). The number of amidine groups is 1. The van der Waals surface area contributed by atoms with E-state index in [-0.39, 0.29) is 0 Å². The summed E-state index contributed by atoms with van der Waals surface area (Å²) in [6.45, 7) is 1.86. The van der Waals surface area contributed by atoms with Gasteiger partial charge in [0, 0.05) is 20.5 Å². The van der Waals surface area contributed by atoms with E-state index >= 15 is 0 Å². The molecule has 2 atom stereocenters. The third kappa shape index (κ3) is 1.73. The molecule has 2 aliphatic heterocycles. The van der Waals surface area contributed by atoms with Crippen molar-refractivity contribution >= 4 is 11.5 Å². The molecule has 0 saturated carbocycles. The van der Waals surface area contributed by atoms with Crippen LogP contribution in [-0.4, -0.2) is 47.0 Å². The molecule has 0 spiro atoms. The number of rotatable bonds is 2. The van der Waals surface area contributed by atoms with Crippen LogP contribution in [-0.2, 0) is 11.3 Å². The van der Waals surface area contributed by atoms with E-state index in [0.29, 0.717) is 12.8 Å². The minimum Gasteiger partial charge on any atom is -0.366 e. The van der Waals surface area contributed by atoms with Gasteiger partial charge in [-0.1, -0.05) is 35.5 Å². The molecule has 1 aromatic rings. The van der Waals surface area contributed by atoms with E-state index < -0.39 is 11.3 Å². The first-order valence-corrected chi connectivity index (χ1v) is 6.72. The lowest BCUT2D eigenvalue weighted by molar-refractivity contribution is -0.202. The summed E-state index contributed by atoms with van der Waals surface area (Å²) < 4.78 is 0. The maximum Gasteiger partial charge on any atom is 0.272 e. The van der Waals surface area contributed by atoms with Gasteiger partial charge in [0.25, 0.3) is 5.79 Å². The minimum atomic E-state index is -1.37. The van der Waals surface area contributed by atoms with Crippen LogP contribution in [0.25, 0.3) is 0 Å². The number of fused-ring (bicyclic) bond motifs is 1. The summed E-state index contributed by atoms with van der Waals surface area (Å²) in [5.74, 6) is -0.537. The Morgan fingerprint density at radius 3 is 2.65 bits per heavy atom. The predicted octanol–water partition coefficient (Wildman–Crippen LogP) is 1.43. The van der Waals surface area contributed by atoms with Gasteiger partial charge < -0.3 is 14.8 Å². The van der Waals surface area contributed by atoms with Crippen LogP contribution in [0.1, 0.15) is 18.9 Å². The van der Waals surface area contributed by atoms with Crippen LogP contribution >= 0.6 is 0 Å². The van der Waals surface area contributed by atoms with Crippen LogP contribution in [0.5, 0.6) is 0 Å². The largest absolute Gasteiger partial charge is 0.366 e. The highest BCUT2D eigenvalue weighted by Gasteiger charge is 2.64. The zero-order valence-corrected chi connectivity index (χ0v) is 12.0. The molecule has 1 aromatic carbocycles. The monoisotopic (exact) mass is 273 g/mol. The molecule has 0 aliphatic carbocycles. The van der Waals surface area contributed by atoms with E-state index in [1.807, 2.05) is 56.3 Å². The number of nitrogens with zero attached hydrogens (tertiary/aromatic N) is 3. The third-order valence-corrected chi connectivity index (χ3v) is 4.12. The Bertz CT molecular complexity index is 582. The molecule has 5 heteroatoms. The summed E-state index contributed by atoms with van der Waals surface area (Å²) in [7, 11) is 3.85. The van der Waals surface area contributed by atoms with Gasteiger partial charge in [0.1, 0.15) is 5.84 Å². The van der Waals surface area contributed by atoms with E-state index in [1.165, 1.54) is 0 Å². The van der Waals surface area contributed by atoms with Gasteiger partial charge in [-0.2, -0.15) is 0 Å². The van der Waals surface area contributed by atoms with Crippen LogP contribution in [0.2, 0.25) is 0 Å². The molecule has 0 amide bonds. The van der Waals surface area contributed by atoms with Crippen LogP contribution in [0.15, 0.2) is 40.5 Å². The zero-order valence-electron chi connectivity index (χ0n) is 12.0. The first-order valence-electron chi connectivity index (χ1n) is 6.72. The number of hydrogen-bond acceptors (Lipinski definition) is 5. The van der Waals surface area contributed by atoms with E-state index in [4.69, 9.17) is 9.83 Å². The quantitative estimate of drug-likeness (QED) is 0.886. The van der Waals surface area contributed by atoms with Gasteiger partial charge in [0.2, 0.25) is 0 Å². The highest BCUT2D eigenvalue weighted by Crippen LogP contribution is 2.45. The summed E-state index contributed by atoms with van der Waals surface area (Å²) in [6, 6.07) is 10.0. The van der Waals surface area contributed by atoms with Gasteiger partial charge in [-0.15, -0.1) is 0 Å². The number of aliphatic imine (C=N–C) groups is 1. The predicted molar refractivity (Wildman–Crippen MR) is 77.8 cm³/mol. The lowest BCUT2D eigenvalue weighted by Crippen LogP contribution is -2.53. The molecular weight excluding hydrogens is 254 g/mol. The molecule has 1 N–H and O–H groups in total. The Hall–Kier alpha value is -1.88. The van der Waals surface area contributed by atoms with E-state index in [1.54, 1.807) is 0 Å². The van der Waals surface area contributed by atoms with Crippen molar-refractivity contribution in [2.45, 2.75) is 31.1 Å². The molecule has 2 aliphatic rings. The molecule has 106 valence electrons. The summed E-state index contributed by atoms with van der Waals surface area (Å²) >= 11 is 0. The highest BCUT2D eigenvalue weighted by atomic mass is 16.7. The summed E-state index contributed by atoms with van der Waals surface area (Å²) in [5, 5.41) is 14.9. The Kier molecular flexibility index (Phi) is 2.83. The van der Waals surface area contributed by atoms with Gasteiger partial charge in [-0.3, -0.25) is 4.99 Å². The first kappa shape index (κ1) is 13.1. The average molecular weight is 273 g/mol. The van der Waals surface area contributed by atoms with Gasteiger partial charge in [0.05, 0.1) is 12.1 Å². The minimum absolute atomic E-state index is 0.355. The van der Waals surface area contributed by atoms with Crippen molar-refractivity contribution in [1.29, 1.82) is 0 Å². The molecular formula is C15H19N3O2. The van der Waals surface area contributed by atoms with Crippen molar-refractivity contribution in [2.24, 2.45) is 10.1 Å². The van der Waals surface area contributed by atoms with Crippen molar-refractivity contribution in [2.75, 3.05) is 14.1 Å². The Morgan fingerprint density at radius 1 is 1.30 bits per heavy atom. The number of hydrogen-bond donors (Lipinski definition) is 1. The number of benzene rings is 1. The van der Waals surface area contributed by atoms with Crippen LogP contribution in [0, 0.1) is 0 Å². The molecule has 0 radical (unpaired) electrons. The van der Waals surface area contributed by atoms with E-state index in [0.717, 1.165) is 17.1 Å². The van der Waals surface area contributed by atoms with Crippen molar-refractivity contribution in [3.8, 4) is 0 Å². The third-order valence-electron chi connectivity index (χ3n) is 4.12. The molecule has 0 aromatic heterocycles. The van der Waals surface area contributed by atoms with Crippen LogP contribution in [0.3, 0.4) is 0 Å². The Labute approximate surface area is 118 Å². The van der Waals surface area contributed by atoms with Gasteiger partial charge in [0.15, 0.2) is 5.54 Å². The summed E-state index contributed by atoms with van der Waals surface area (Å²) in [4.78, 5) is 12.0. The van der Waals surface area contributed by atoms with Crippen molar-refractivity contribution in [1.82, 2.24) is 4.90 Å². The fourth-order valence-electron chi connectivity index (χ4n) is 2.85. The summed E-state index contributed by atoms with van der Waals surface area (Å²) in [6.07, 6.45) is 0.935. The van der Waals surface area contributed by atoms with E-state index in [9.17, 15) is 5.11 Å². The maximum atomic E-state index is 10.9. The van der Waals surface area contributed by atoms with Crippen molar-refractivity contribution < 1.29 is 9.94 Å². The standard InChI is InChI=1S/C15H19N3O2/c1-11-14(9-12-7-5-4-6-8-12)15(19,20-17-11)10-13(16-14)18(2)3/h4-8,19H,9-10H2,1-3H3/t14-,15+/m0/s1. The molecule has 5 nitrogen and oxygen atoms in total. The number of oxime groups is 1. The van der Waals surface area contributed by atoms with Gasteiger partial charge in [-0.25, -0.2) is 0 Å². The second-order valence-corrected chi connectivity index (χ2v) is 5.67.